The third kappa shape index (κ3) is 4.59. The van der Waals surface area contributed by atoms with Gasteiger partial charge in [-0.25, -0.2) is 0 Å². The highest BCUT2D eigenvalue weighted by atomic mass is 16.5. The molecule has 0 aromatic heterocycles. The maximum Gasteiger partial charge on any atom is 0.137 e. The van der Waals surface area contributed by atoms with Gasteiger partial charge in [-0.1, -0.05) is 61.4 Å². The van der Waals surface area contributed by atoms with Crippen LogP contribution in [-0.4, -0.2) is 55.1 Å². The van der Waals surface area contributed by atoms with Crippen molar-refractivity contribution in [2.24, 2.45) is 11.8 Å². The van der Waals surface area contributed by atoms with Crippen LogP contribution in [0.2, 0.25) is 0 Å². The highest BCUT2D eigenvalue weighted by molar-refractivity contribution is 5.24. The van der Waals surface area contributed by atoms with Gasteiger partial charge in [0.15, 0.2) is 0 Å². The van der Waals surface area contributed by atoms with E-state index in [1.807, 2.05) is 48.5 Å². The summed E-state index contributed by atoms with van der Waals surface area (Å²) in [6, 6.07) is 20.4. The molecule has 2 aromatic rings. The molecule has 1 saturated carbocycles. The van der Waals surface area contributed by atoms with Gasteiger partial charge in [0.05, 0.1) is 19.7 Å². The molecule has 0 radical (unpaired) electrons. The summed E-state index contributed by atoms with van der Waals surface area (Å²) >= 11 is 0. The number of nitrogens with zero attached hydrogens (tertiary/aromatic N) is 1. The molecule has 3 heterocycles. The number of hydrogen-bond acceptors (Lipinski definition) is 3. The summed E-state index contributed by atoms with van der Waals surface area (Å²) in [6.45, 7) is 5.72. The SMILES string of the molecule is OC(COC1C[N+]2(CCOc3ccccc3)CCC1CC2)(c1ccccc1)C1CCCC1. The first kappa shape index (κ1) is 21.9. The topological polar surface area (TPSA) is 38.7 Å². The normalized spacial score (nSPS) is 29.7. The second-order valence-electron chi connectivity index (χ2n) is 10.3. The van der Waals surface area contributed by atoms with Crippen molar-refractivity contribution in [1.29, 1.82) is 0 Å². The Labute approximate surface area is 192 Å². The molecule has 4 aliphatic rings. The Morgan fingerprint density at radius 2 is 1.53 bits per heavy atom. The van der Waals surface area contributed by atoms with Crippen molar-refractivity contribution in [3.05, 3.63) is 66.2 Å². The lowest BCUT2D eigenvalue weighted by atomic mass is 9.80. The van der Waals surface area contributed by atoms with Crippen molar-refractivity contribution in [1.82, 2.24) is 0 Å². The molecule has 0 amide bonds. The molecule has 3 aliphatic heterocycles. The Kier molecular flexibility index (Phi) is 6.54. The molecule has 1 aliphatic carbocycles. The van der Waals surface area contributed by atoms with Crippen molar-refractivity contribution in [2.75, 3.05) is 39.4 Å². The minimum Gasteiger partial charge on any atom is -0.488 e. The number of fused-ring (bicyclic) bond motifs is 3. The fourth-order valence-electron chi connectivity index (χ4n) is 6.40. The van der Waals surface area contributed by atoms with Crippen LogP contribution in [0, 0.1) is 11.8 Å². The predicted molar refractivity (Wildman–Crippen MR) is 126 cm³/mol. The van der Waals surface area contributed by atoms with Gasteiger partial charge < -0.3 is 19.1 Å². The number of benzene rings is 2. The highest BCUT2D eigenvalue weighted by Crippen LogP contribution is 2.42. The summed E-state index contributed by atoms with van der Waals surface area (Å²) in [4.78, 5) is 0. The molecular formula is C28H38NO3+. The second-order valence-corrected chi connectivity index (χ2v) is 10.3. The number of para-hydroxylation sites is 1. The molecule has 4 fully saturated rings. The molecule has 2 atom stereocenters. The van der Waals surface area contributed by atoms with Crippen molar-refractivity contribution >= 4 is 0 Å². The van der Waals surface area contributed by atoms with E-state index in [-0.39, 0.29) is 6.10 Å². The van der Waals surface area contributed by atoms with Gasteiger partial charge in [-0.2, -0.15) is 0 Å². The van der Waals surface area contributed by atoms with Crippen molar-refractivity contribution < 1.29 is 19.1 Å². The third-order valence-corrected chi connectivity index (χ3v) is 8.44. The average molecular weight is 437 g/mol. The van der Waals surface area contributed by atoms with Gasteiger partial charge in [-0.05, 0) is 36.5 Å². The van der Waals surface area contributed by atoms with Crippen LogP contribution in [0.25, 0.3) is 0 Å². The van der Waals surface area contributed by atoms with Gasteiger partial charge in [0.25, 0.3) is 0 Å². The molecule has 2 unspecified atom stereocenters. The summed E-state index contributed by atoms with van der Waals surface area (Å²) in [6.07, 6.45) is 7.32. The Bertz CT molecular complexity index is 843. The van der Waals surface area contributed by atoms with E-state index in [1.54, 1.807) is 0 Å². The van der Waals surface area contributed by atoms with E-state index in [9.17, 15) is 5.11 Å². The number of quaternary nitrogens is 1. The van der Waals surface area contributed by atoms with Crippen LogP contribution in [0.3, 0.4) is 0 Å². The lowest BCUT2D eigenvalue weighted by molar-refractivity contribution is -0.946. The van der Waals surface area contributed by atoms with E-state index in [2.05, 4.69) is 12.1 Å². The third-order valence-electron chi connectivity index (χ3n) is 8.44. The summed E-state index contributed by atoms with van der Waals surface area (Å²) in [5.74, 6) is 1.89. The van der Waals surface area contributed by atoms with Crippen LogP contribution in [0.4, 0.5) is 0 Å². The lowest BCUT2D eigenvalue weighted by Crippen LogP contribution is -2.65. The molecule has 0 spiro atoms. The molecule has 3 saturated heterocycles. The minimum atomic E-state index is -0.870. The zero-order valence-corrected chi connectivity index (χ0v) is 19.2. The number of ether oxygens (including phenoxy) is 2. The Morgan fingerprint density at radius 3 is 2.22 bits per heavy atom. The van der Waals surface area contributed by atoms with Crippen molar-refractivity contribution in [2.45, 2.75) is 50.2 Å². The van der Waals surface area contributed by atoms with E-state index in [0.717, 1.165) is 48.3 Å². The monoisotopic (exact) mass is 436 g/mol. The molecule has 4 heteroatoms. The fourth-order valence-corrected chi connectivity index (χ4v) is 6.40. The predicted octanol–water partition coefficient (Wildman–Crippen LogP) is 4.77. The number of aliphatic hydroxyl groups is 1. The highest BCUT2D eigenvalue weighted by Gasteiger charge is 2.48. The van der Waals surface area contributed by atoms with E-state index in [4.69, 9.17) is 9.47 Å². The zero-order valence-electron chi connectivity index (χ0n) is 19.2. The number of hydrogen-bond donors (Lipinski definition) is 1. The second kappa shape index (κ2) is 9.54. The Balaban J connectivity index is 1.23. The Morgan fingerprint density at radius 1 is 0.875 bits per heavy atom. The average Bonchev–Trinajstić information content (AvgIpc) is 3.40. The first-order valence-electron chi connectivity index (χ1n) is 12.6. The zero-order chi connectivity index (χ0) is 21.9. The lowest BCUT2D eigenvalue weighted by Gasteiger charge is -2.52. The Hall–Kier alpha value is -1.88. The van der Waals surface area contributed by atoms with Gasteiger partial charge in [0, 0.05) is 18.8 Å². The molecule has 6 rings (SSSR count). The molecule has 172 valence electrons. The summed E-state index contributed by atoms with van der Waals surface area (Å²) < 4.78 is 13.8. The number of rotatable bonds is 9. The van der Waals surface area contributed by atoms with Gasteiger partial charge in [-0.15, -0.1) is 0 Å². The van der Waals surface area contributed by atoms with E-state index in [1.165, 1.54) is 38.8 Å². The maximum absolute atomic E-state index is 11.9. The van der Waals surface area contributed by atoms with Crippen LogP contribution in [0.5, 0.6) is 5.75 Å². The summed E-state index contributed by atoms with van der Waals surface area (Å²) in [5, 5.41) is 11.9. The molecule has 2 aromatic carbocycles. The molecule has 4 nitrogen and oxygen atoms in total. The van der Waals surface area contributed by atoms with Crippen molar-refractivity contribution in [3.63, 3.8) is 0 Å². The maximum atomic E-state index is 11.9. The van der Waals surface area contributed by atoms with Crippen LogP contribution in [0.15, 0.2) is 60.7 Å². The first-order valence-corrected chi connectivity index (χ1v) is 12.6. The molecule has 2 bridgehead atoms. The van der Waals surface area contributed by atoms with Crippen LogP contribution in [0.1, 0.15) is 44.1 Å². The standard InChI is InChI=1S/C28H38NO3/c30-28(25-11-7-8-12-25,24-9-3-1-4-10-24)22-32-27-21-29(17-15-23(27)16-18-29)19-20-31-26-13-5-2-6-14-26/h1-6,9-10,13-14,23,25,27,30H,7-8,11-12,15-22H2/q+1. The van der Waals surface area contributed by atoms with Gasteiger partial charge in [-0.3, -0.25) is 0 Å². The van der Waals surface area contributed by atoms with Crippen LogP contribution in [-0.2, 0) is 10.3 Å². The van der Waals surface area contributed by atoms with Gasteiger partial charge in [0.2, 0.25) is 0 Å². The smallest absolute Gasteiger partial charge is 0.137 e. The van der Waals surface area contributed by atoms with E-state index >= 15 is 0 Å². The van der Waals surface area contributed by atoms with Gasteiger partial charge in [0.1, 0.15) is 37.2 Å². The molecular weight excluding hydrogens is 398 g/mol. The van der Waals surface area contributed by atoms with Crippen molar-refractivity contribution in [3.8, 4) is 5.75 Å². The van der Waals surface area contributed by atoms with E-state index < -0.39 is 5.60 Å². The minimum absolute atomic E-state index is 0.242. The van der Waals surface area contributed by atoms with Crippen LogP contribution >= 0.6 is 0 Å². The van der Waals surface area contributed by atoms with E-state index in [0.29, 0.717) is 18.4 Å². The molecule has 1 N–H and O–H groups in total. The quantitative estimate of drug-likeness (QED) is 0.576. The number of piperidine rings is 3. The summed E-state index contributed by atoms with van der Waals surface area (Å²) in [7, 11) is 0. The van der Waals surface area contributed by atoms with Crippen LogP contribution < -0.4 is 4.74 Å². The van der Waals surface area contributed by atoms with Gasteiger partial charge >= 0.3 is 0 Å². The first-order chi connectivity index (χ1) is 15.7. The molecule has 32 heavy (non-hydrogen) atoms. The fraction of sp³-hybridized carbons (Fsp3) is 0.571. The summed E-state index contributed by atoms with van der Waals surface area (Å²) in [5.41, 5.74) is 0.152. The largest absolute Gasteiger partial charge is 0.488 e.